The summed E-state index contributed by atoms with van der Waals surface area (Å²) < 4.78 is 0. The average Bonchev–Trinajstić information content (AvgIpc) is 2.72. The molecule has 0 spiro atoms. The Kier molecular flexibility index (Phi) is 6.57. The normalized spacial score (nSPS) is 10.4. The van der Waals surface area contributed by atoms with Gasteiger partial charge in [0.25, 0.3) is 5.91 Å². The quantitative estimate of drug-likeness (QED) is 0.588. The molecular weight excluding hydrogens is 350 g/mol. The summed E-state index contributed by atoms with van der Waals surface area (Å²) >= 11 is 0. The number of aryl methyl sites for hydroxylation is 1. The molecule has 0 aliphatic heterocycles. The molecule has 0 aliphatic carbocycles. The van der Waals surface area contributed by atoms with E-state index in [1.807, 2.05) is 61.5 Å². The van der Waals surface area contributed by atoms with Crippen LogP contribution in [-0.4, -0.2) is 36.5 Å². The van der Waals surface area contributed by atoms with Gasteiger partial charge in [0.2, 0.25) is 5.95 Å². The van der Waals surface area contributed by atoms with E-state index in [0.29, 0.717) is 18.2 Å². The molecule has 0 fully saturated rings. The lowest BCUT2D eigenvalue weighted by atomic mass is 10.1. The largest absolute Gasteiger partial charge is 0.378 e. The molecule has 0 saturated heterocycles. The topological polar surface area (TPSA) is 70.2 Å². The van der Waals surface area contributed by atoms with E-state index in [4.69, 9.17) is 0 Å². The van der Waals surface area contributed by atoms with Crippen molar-refractivity contribution in [2.75, 3.05) is 30.9 Å². The third kappa shape index (κ3) is 5.54. The molecule has 0 unspecified atom stereocenters. The van der Waals surface area contributed by atoms with Crippen molar-refractivity contribution in [2.45, 2.75) is 12.8 Å². The number of aromatic nitrogens is 2. The lowest BCUT2D eigenvalue weighted by molar-refractivity contribution is 0.0948. The van der Waals surface area contributed by atoms with Gasteiger partial charge in [-0.1, -0.05) is 30.3 Å². The zero-order chi connectivity index (χ0) is 19.8. The van der Waals surface area contributed by atoms with Crippen molar-refractivity contribution in [1.29, 1.82) is 0 Å². The maximum Gasteiger partial charge on any atom is 0.270 e. The van der Waals surface area contributed by atoms with Crippen LogP contribution in [0.5, 0.6) is 0 Å². The van der Waals surface area contributed by atoms with Crippen LogP contribution in [0.3, 0.4) is 0 Å². The zero-order valence-corrected chi connectivity index (χ0v) is 16.2. The first-order chi connectivity index (χ1) is 13.6. The highest BCUT2D eigenvalue weighted by atomic mass is 16.1. The van der Waals surface area contributed by atoms with Gasteiger partial charge in [-0.2, -0.15) is 0 Å². The fourth-order valence-electron chi connectivity index (χ4n) is 2.75. The summed E-state index contributed by atoms with van der Waals surface area (Å²) in [6.07, 6.45) is 3.40. The SMILES string of the molecule is CN(C)c1ccc(Nc2nccc(C(=O)NCCCc3ccccc3)n2)cc1. The number of nitrogens with one attached hydrogen (secondary N) is 2. The van der Waals surface area contributed by atoms with Crippen LogP contribution in [-0.2, 0) is 6.42 Å². The fraction of sp³-hybridized carbons (Fsp3) is 0.227. The van der Waals surface area contributed by atoms with Crippen molar-refractivity contribution in [3.8, 4) is 0 Å². The Morgan fingerprint density at radius 3 is 2.46 bits per heavy atom. The van der Waals surface area contributed by atoms with Gasteiger partial charge in [-0.25, -0.2) is 9.97 Å². The Labute approximate surface area is 165 Å². The number of carbonyl (C=O) groups is 1. The minimum Gasteiger partial charge on any atom is -0.378 e. The highest BCUT2D eigenvalue weighted by molar-refractivity contribution is 5.92. The van der Waals surface area contributed by atoms with Gasteiger partial charge in [-0.3, -0.25) is 4.79 Å². The van der Waals surface area contributed by atoms with E-state index in [1.54, 1.807) is 12.3 Å². The van der Waals surface area contributed by atoms with Crippen LogP contribution in [0.2, 0.25) is 0 Å². The molecule has 3 aromatic rings. The smallest absolute Gasteiger partial charge is 0.270 e. The van der Waals surface area contributed by atoms with Crippen LogP contribution in [0, 0.1) is 0 Å². The summed E-state index contributed by atoms with van der Waals surface area (Å²) in [6, 6.07) is 19.8. The molecule has 0 saturated carbocycles. The van der Waals surface area contributed by atoms with E-state index in [1.165, 1.54) is 5.56 Å². The summed E-state index contributed by atoms with van der Waals surface area (Å²) in [5, 5.41) is 6.05. The summed E-state index contributed by atoms with van der Waals surface area (Å²) in [7, 11) is 3.99. The van der Waals surface area contributed by atoms with Crippen molar-refractivity contribution in [3.63, 3.8) is 0 Å². The second-order valence-corrected chi connectivity index (χ2v) is 6.68. The number of anilines is 3. The molecule has 6 nitrogen and oxygen atoms in total. The van der Waals surface area contributed by atoms with Crippen LogP contribution in [0.1, 0.15) is 22.5 Å². The molecule has 0 bridgehead atoms. The number of amides is 1. The minimum absolute atomic E-state index is 0.193. The number of nitrogens with zero attached hydrogens (tertiary/aromatic N) is 3. The minimum atomic E-state index is -0.193. The highest BCUT2D eigenvalue weighted by Crippen LogP contribution is 2.18. The Bertz CT molecular complexity index is 894. The number of rotatable bonds is 8. The average molecular weight is 375 g/mol. The molecule has 0 aliphatic rings. The number of hydrogen-bond acceptors (Lipinski definition) is 5. The van der Waals surface area contributed by atoms with Gasteiger partial charge in [0.15, 0.2) is 0 Å². The van der Waals surface area contributed by atoms with Crippen LogP contribution in [0.15, 0.2) is 66.9 Å². The lowest BCUT2D eigenvalue weighted by Gasteiger charge is -2.13. The number of hydrogen-bond donors (Lipinski definition) is 2. The predicted octanol–water partition coefficient (Wildman–Crippen LogP) is 3.65. The fourth-order valence-corrected chi connectivity index (χ4v) is 2.75. The molecule has 144 valence electrons. The molecule has 2 aromatic carbocycles. The van der Waals surface area contributed by atoms with E-state index in [2.05, 4.69) is 32.7 Å². The van der Waals surface area contributed by atoms with E-state index in [9.17, 15) is 4.79 Å². The standard InChI is InChI=1S/C22H25N5O/c1-27(2)19-12-10-18(11-13-19)25-22-24-16-14-20(26-22)21(28)23-15-6-9-17-7-4-3-5-8-17/h3-5,7-8,10-14,16H,6,9,15H2,1-2H3,(H,23,28)(H,24,25,26). The molecule has 3 rings (SSSR count). The predicted molar refractivity (Wildman–Crippen MR) is 113 cm³/mol. The van der Waals surface area contributed by atoms with Crippen molar-refractivity contribution >= 4 is 23.2 Å². The van der Waals surface area contributed by atoms with Gasteiger partial charge in [0.1, 0.15) is 5.69 Å². The van der Waals surface area contributed by atoms with E-state index in [-0.39, 0.29) is 5.91 Å². The molecule has 28 heavy (non-hydrogen) atoms. The Hall–Kier alpha value is -3.41. The summed E-state index contributed by atoms with van der Waals surface area (Å²) in [5.74, 6) is 0.205. The van der Waals surface area contributed by atoms with Crippen LogP contribution < -0.4 is 15.5 Å². The van der Waals surface area contributed by atoms with Gasteiger partial charge in [-0.15, -0.1) is 0 Å². The lowest BCUT2D eigenvalue weighted by Crippen LogP contribution is -2.26. The van der Waals surface area contributed by atoms with Gasteiger partial charge in [-0.05, 0) is 48.7 Å². The van der Waals surface area contributed by atoms with Crippen LogP contribution in [0.4, 0.5) is 17.3 Å². The number of benzene rings is 2. The van der Waals surface area contributed by atoms with E-state index in [0.717, 1.165) is 24.2 Å². The number of carbonyl (C=O) groups excluding carboxylic acids is 1. The maximum atomic E-state index is 12.3. The first kappa shape index (κ1) is 19.4. The van der Waals surface area contributed by atoms with Crippen molar-refractivity contribution in [2.24, 2.45) is 0 Å². The molecule has 1 amide bonds. The molecule has 6 heteroatoms. The molecule has 2 N–H and O–H groups in total. The Morgan fingerprint density at radius 2 is 1.75 bits per heavy atom. The van der Waals surface area contributed by atoms with Crippen LogP contribution in [0.25, 0.3) is 0 Å². The summed E-state index contributed by atoms with van der Waals surface area (Å²) in [6.45, 7) is 0.604. The van der Waals surface area contributed by atoms with Gasteiger partial charge in [0, 0.05) is 38.2 Å². The zero-order valence-electron chi connectivity index (χ0n) is 16.2. The van der Waals surface area contributed by atoms with E-state index < -0.39 is 0 Å². The molecule has 1 aromatic heterocycles. The van der Waals surface area contributed by atoms with Gasteiger partial charge in [0.05, 0.1) is 0 Å². The van der Waals surface area contributed by atoms with Gasteiger partial charge < -0.3 is 15.5 Å². The van der Waals surface area contributed by atoms with Crippen LogP contribution >= 0.6 is 0 Å². The van der Waals surface area contributed by atoms with Crippen molar-refractivity contribution < 1.29 is 4.79 Å². The molecule has 1 heterocycles. The van der Waals surface area contributed by atoms with Crippen molar-refractivity contribution in [3.05, 3.63) is 78.1 Å². The molecule has 0 radical (unpaired) electrons. The third-order valence-corrected chi connectivity index (χ3v) is 4.30. The van der Waals surface area contributed by atoms with E-state index >= 15 is 0 Å². The van der Waals surface area contributed by atoms with Gasteiger partial charge >= 0.3 is 0 Å². The summed E-state index contributed by atoms with van der Waals surface area (Å²) in [4.78, 5) is 22.9. The van der Waals surface area contributed by atoms with Crippen molar-refractivity contribution in [1.82, 2.24) is 15.3 Å². The second kappa shape index (κ2) is 9.50. The maximum absolute atomic E-state index is 12.3. The second-order valence-electron chi connectivity index (χ2n) is 6.68. The summed E-state index contributed by atoms with van der Waals surface area (Å²) in [5.41, 5.74) is 3.59. The Morgan fingerprint density at radius 1 is 1.00 bits per heavy atom. The molecule has 0 atom stereocenters. The third-order valence-electron chi connectivity index (χ3n) is 4.30. The first-order valence-electron chi connectivity index (χ1n) is 9.31. The first-order valence-corrected chi connectivity index (χ1v) is 9.31. The Balaban J connectivity index is 1.52. The molecular formula is C22H25N5O. The monoisotopic (exact) mass is 375 g/mol. The highest BCUT2D eigenvalue weighted by Gasteiger charge is 2.08.